The Labute approximate surface area is 128 Å². The first-order chi connectivity index (χ1) is 10.1. The average Bonchev–Trinajstić information content (AvgIpc) is 2.83. The number of hydrogen-bond donors (Lipinski definition) is 0. The number of likely N-dealkylation sites (tertiary alicyclic amines) is 1. The molecule has 1 saturated heterocycles. The lowest BCUT2D eigenvalue weighted by atomic mass is 10.00. The third-order valence-corrected chi connectivity index (χ3v) is 4.20. The molecule has 112 valence electrons. The van der Waals surface area contributed by atoms with Crippen LogP contribution < -0.4 is 0 Å². The van der Waals surface area contributed by atoms with E-state index >= 15 is 0 Å². The molecule has 4 nitrogen and oxygen atoms in total. The number of aromatic nitrogens is 2. The van der Waals surface area contributed by atoms with Crippen LogP contribution in [0.25, 0.3) is 11.5 Å². The minimum Gasteiger partial charge on any atom is -0.409 e. The zero-order chi connectivity index (χ0) is 14.8. The topological polar surface area (TPSA) is 34.2 Å². The van der Waals surface area contributed by atoms with Gasteiger partial charge in [0.1, 0.15) is 5.82 Å². The van der Waals surface area contributed by atoms with Crippen LogP contribution in [-0.4, -0.2) is 27.8 Å². The Hall–Kier alpha value is -1.53. The number of benzene rings is 1. The Kier molecular flexibility index (Phi) is 4.17. The molecule has 0 amide bonds. The Balaban J connectivity index is 1.75. The summed E-state index contributed by atoms with van der Waals surface area (Å²) in [6.45, 7) is 5.05. The molecule has 3 rings (SSSR count). The second kappa shape index (κ2) is 6.07. The molecule has 0 unspecified atom stereocenters. The summed E-state index contributed by atoms with van der Waals surface area (Å²) < 4.78 is 20.2. The molecule has 1 aliphatic heterocycles. The minimum absolute atomic E-state index is 0.279. The van der Waals surface area contributed by atoms with E-state index in [1.54, 1.807) is 16.8 Å². The molecule has 0 radical (unpaired) electrons. The smallest absolute Gasteiger partial charge is 0.288 e. The monoisotopic (exact) mass is 307 g/mol. The summed E-state index contributed by atoms with van der Waals surface area (Å²) in [7, 11) is 0. The lowest BCUT2D eigenvalue weighted by Crippen LogP contribution is -2.34. The fourth-order valence-electron chi connectivity index (χ4n) is 2.50. The van der Waals surface area contributed by atoms with Crippen molar-refractivity contribution in [1.29, 1.82) is 0 Å². The van der Waals surface area contributed by atoms with E-state index in [9.17, 15) is 4.39 Å². The summed E-state index contributed by atoms with van der Waals surface area (Å²) >= 11 is 5.22. The van der Waals surface area contributed by atoms with Crippen LogP contribution in [0, 0.1) is 16.6 Å². The Morgan fingerprint density at radius 3 is 2.62 bits per heavy atom. The zero-order valence-corrected chi connectivity index (χ0v) is 12.8. The van der Waals surface area contributed by atoms with Gasteiger partial charge < -0.3 is 4.42 Å². The maximum atomic E-state index is 12.9. The predicted octanol–water partition coefficient (Wildman–Crippen LogP) is 3.70. The van der Waals surface area contributed by atoms with Crippen molar-refractivity contribution < 1.29 is 8.81 Å². The van der Waals surface area contributed by atoms with Crippen LogP contribution >= 0.6 is 12.2 Å². The van der Waals surface area contributed by atoms with Crippen LogP contribution in [0.5, 0.6) is 0 Å². The van der Waals surface area contributed by atoms with Gasteiger partial charge in [0.15, 0.2) is 0 Å². The zero-order valence-electron chi connectivity index (χ0n) is 12.0. The SMILES string of the molecule is CC1CCN(Cn2nc(-c3ccc(F)cc3)oc2=S)CC1. The minimum atomic E-state index is -0.279. The van der Waals surface area contributed by atoms with Gasteiger partial charge in [-0.2, -0.15) is 0 Å². The molecule has 1 aromatic carbocycles. The van der Waals surface area contributed by atoms with Crippen molar-refractivity contribution in [2.75, 3.05) is 13.1 Å². The van der Waals surface area contributed by atoms with E-state index in [1.807, 2.05) is 0 Å². The Morgan fingerprint density at radius 2 is 1.95 bits per heavy atom. The van der Waals surface area contributed by atoms with Gasteiger partial charge in [-0.25, -0.2) is 9.07 Å². The average molecular weight is 307 g/mol. The van der Waals surface area contributed by atoms with Crippen molar-refractivity contribution in [3.63, 3.8) is 0 Å². The number of rotatable bonds is 3. The normalized spacial score (nSPS) is 17.2. The fourth-order valence-corrected chi connectivity index (χ4v) is 2.68. The van der Waals surface area contributed by atoms with Crippen molar-refractivity contribution in [2.45, 2.75) is 26.4 Å². The van der Waals surface area contributed by atoms with Crippen LogP contribution in [0.1, 0.15) is 19.8 Å². The van der Waals surface area contributed by atoms with Crippen molar-refractivity contribution in [1.82, 2.24) is 14.7 Å². The highest BCUT2D eigenvalue weighted by Crippen LogP contribution is 2.20. The number of hydrogen-bond acceptors (Lipinski definition) is 4. The molecule has 1 fully saturated rings. The first-order valence-corrected chi connectivity index (χ1v) is 7.59. The molecule has 1 aliphatic rings. The van der Waals surface area contributed by atoms with Gasteiger partial charge in [-0.3, -0.25) is 4.90 Å². The van der Waals surface area contributed by atoms with Gasteiger partial charge in [-0.05, 0) is 55.2 Å². The van der Waals surface area contributed by atoms with E-state index in [4.69, 9.17) is 16.6 Å². The number of piperidine rings is 1. The molecule has 0 bridgehead atoms. The molecule has 0 N–H and O–H groups in total. The second-order valence-corrected chi connectivity index (χ2v) is 5.97. The summed E-state index contributed by atoms with van der Waals surface area (Å²) in [6, 6.07) is 6.06. The molecule has 0 aliphatic carbocycles. The molecule has 2 heterocycles. The van der Waals surface area contributed by atoms with Crippen LogP contribution in [0.2, 0.25) is 0 Å². The summed E-state index contributed by atoms with van der Waals surface area (Å²) in [5.41, 5.74) is 0.730. The van der Waals surface area contributed by atoms with Crippen LogP contribution in [0.4, 0.5) is 4.39 Å². The van der Waals surface area contributed by atoms with Gasteiger partial charge in [0, 0.05) is 18.7 Å². The van der Waals surface area contributed by atoms with Gasteiger partial charge in [-0.1, -0.05) is 6.92 Å². The van der Waals surface area contributed by atoms with Crippen molar-refractivity contribution in [3.8, 4) is 11.5 Å². The number of nitrogens with zero attached hydrogens (tertiary/aromatic N) is 3. The Morgan fingerprint density at radius 1 is 1.29 bits per heavy atom. The Bertz CT molecular complexity index is 656. The van der Waals surface area contributed by atoms with E-state index in [0.717, 1.165) is 24.6 Å². The molecule has 1 aromatic heterocycles. The van der Waals surface area contributed by atoms with Gasteiger partial charge in [0.2, 0.25) is 5.89 Å². The molecule has 0 saturated carbocycles. The van der Waals surface area contributed by atoms with Crippen molar-refractivity contribution in [3.05, 3.63) is 34.9 Å². The van der Waals surface area contributed by atoms with E-state index in [2.05, 4.69) is 16.9 Å². The molecule has 2 aromatic rings. The summed E-state index contributed by atoms with van der Waals surface area (Å²) in [4.78, 5) is 2.68. The van der Waals surface area contributed by atoms with Crippen molar-refractivity contribution >= 4 is 12.2 Å². The lowest BCUT2D eigenvalue weighted by molar-refractivity contribution is 0.144. The highest BCUT2D eigenvalue weighted by atomic mass is 32.1. The van der Waals surface area contributed by atoms with E-state index < -0.39 is 0 Å². The van der Waals surface area contributed by atoms with Gasteiger partial charge >= 0.3 is 0 Å². The van der Waals surface area contributed by atoms with Gasteiger partial charge in [0.25, 0.3) is 4.84 Å². The summed E-state index contributed by atoms with van der Waals surface area (Å²) in [5.74, 6) is 0.950. The fraction of sp³-hybridized carbons (Fsp3) is 0.467. The van der Waals surface area contributed by atoms with E-state index in [0.29, 0.717) is 17.4 Å². The van der Waals surface area contributed by atoms with E-state index in [-0.39, 0.29) is 5.82 Å². The number of halogens is 1. The van der Waals surface area contributed by atoms with Crippen LogP contribution in [-0.2, 0) is 6.67 Å². The third kappa shape index (κ3) is 3.39. The van der Waals surface area contributed by atoms with Gasteiger partial charge in [-0.15, -0.1) is 5.10 Å². The molecular weight excluding hydrogens is 289 g/mol. The van der Waals surface area contributed by atoms with E-state index in [1.165, 1.54) is 25.0 Å². The lowest BCUT2D eigenvalue weighted by Gasteiger charge is -2.29. The van der Waals surface area contributed by atoms with Crippen molar-refractivity contribution in [2.24, 2.45) is 5.92 Å². The third-order valence-electron chi connectivity index (χ3n) is 3.91. The molecule has 0 atom stereocenters. The summed E-state index contributed by atoms with van der Waals surface area (Å²) in [5, 5.41) is 4.40. The standard InChI is InChI=1S/C15H18FN3OS/c1-11-6-8-18(9-7-11)10-19-15(21)20-14(17-19)12-2-4-13(16)5-3-12/h2-5,11H,6-10H2,1H3. The van der Waals surface area contributed by atoms with Crippen LogP contribution in [0.3, 0.4) is 0 Å². The molecule has 6 heteroatoms. The molecule has 21 heavy (non-hydrogen) atoms. The molecule has 0 spiro atoms. The maximum Gasteiger partial charge on any atom is 0.288 e. The highest BCUT2D eigenvalue weighted by molar-refractivity contribution is 7.71. The largest absolute Gasteiger partial charge is 0.409 e. The first kappa shape index (κ1) is 14.4. The first-order valence-electron chi connectivity index (χ1n) is 7.18. The maximum absolute atomic E-state index is 12.9. The van der Waals surface area contributed by atoms with Crippen LogP contribution in [0.15, 0.2) is 28.7 Å². The van der Waals surface area contributed by atoms with Gasteiger partial charge in [0.05, 0.1) is 6.67 Å². The predicted molar refractivity (Wildman–Crippen MR) is 80.7 cm³/mol. The molecular formula is C15H18FN3OS. The highest BCUT2D eigenvalue weighted by Gasteiger charge is 2.17. The second-order valence-electron chi connectivity index (χ2n) is 5.62. The summed E-state index contributed by atoms with van der Waals surface area (Å²) in [6.07, 6.45) is 2.41. The quantitative estimate of drug-likeness (QED) is 0.810.